The smallest absolute Gasteiger partial charge is 0.338 e. The van der Waals surface area contributed by atoms with Crippen molar-refractivity contribution in [2.24, 2.45) is 11.8 Å². The molecule has 2 N–H and O–H groups in total. The first-order valence-electron chi connectivity index (χ1n) is 27.8. The Morgan fingerprint density at radius 2 is 0.976 bits per heavy atom. The highest BCUT2D eigenvalue weighted by Gasteiger charge is 2.54. The van der Waals surface area contributed by atoms with Crippen molar-refractivity contribution < 1.29 is 81.2 Å². The highest BCUT2D eigenvalue weighted by atomic mass is 16.7. The summed E-state index contributed by atoms with van der Waals surface area (Å²) >= 11 is 0. The van der Waals surface area contributed by atoms with Crippen molar-refractivity contribution in [2.45, 2.75) is 55.3 Å². The fourth-order valence-electron chi connectivity index (χ4n) is 10.5. The molecule has 18 heteroatoms. The Hall–Kier alpha value is -9.04. The molecule has 1 aliphatic carbocycles. The number of hydrogen-bond acceptors (Lipinski definition) is 17. The molecular formula is C67H65NO17. The van der Waals surface area contributed by atoms with Crippen molar-refractivity contribution in [1.29, 1.82) is 0 Å². The van der Waals surface area contributed by atoms with Crippen molar-refractivity contribution in [3.8, 4) is 11.5 Å². The van der Waals surface area contributed by atoms with Gasteiger partial charge in [0.15, 0.2) is 30.4 Å². The van der Waals surface area contributed by atoms with Crippen LogP contribution in [0.5, 0.6) is 11.5 Å². The second-order valence-electron chi connectivity index (χ2n) is 20.2. The first-order chi connectivity index (χ1) is 41.5. The van der Waals surface area contributed by atoms with E-state index >= 15 is 0 Å². The van der Waals surface area contributed by atoms with E-state index < -0.39 is 97.2 Å². The lowest BCUT2D eigenvalue weighted by Crippen LogP contribution is -2.63. The van der Waals surface area contributed by atoms with E-state index in [1.807, 2.05) is 78.9 Å². The van der Waals surface area contributed by atoms with Crippen LogP contribution in [0.2, 0.25) is 0 Å². The van der Waals surface area contributed by atoms with Crippen LogP contribution in [0, 0.1) is 11.8 Å². The Morgan fingerprint density at radius 1 is 0.529 bits per heavy atom. The minimum absolute atomic E-state index is 0.0799. The zero-order valence-corrected chi connectivity index (χ0v) is 46.8. The number of Topliss-reactive ketones (excluding diaryl/α,β-unsaturated/α-hetero) is 1. The van der Waals surface area contributed by atoms with Gasteiger partial charge in [-0.2, -0.15) is 0 Å². The second-order valence-corrected chi connectivity index (χ2v) is 20.2. The predicted molar refractivity (Wildman–Crippen MR) is 308 cm³/mol. The Labute approximate surface area is 491 Å². The number of benzene rings is 7. The minimum atomic E-state index is -1.73. The molecule has 2 fully saturated rings. The van der Waals surface area contributed by atoms with Gasteiger partial charge in [0.05, 0.1) is 49.2 Å². The van der Waals surface area contributed by atoms with Crippen LogP contribution in [0.4, 0.5) is 0 Å². The van der Waals surface area contributed by atoms with Crippen molar-refractivity contribution >= 4 is 35.6 Å². The van der Waals surface area contributed by atoms with E-state index in [1.165, 1.54) is 48.5 Å². The molecule has 9 rings (SSSR count). The van der Waals surface area contributed by atoms with Gasteiger partial charge < -0.3 is 57.8 Å². The van der Waals surface area contributed by atoms with Gasteiger partial charge in [-0.25, -0.2) is 19.2 Å². The van der Waals surface area contributed by atoms with E-state index in [2.05, 4.69) is 5.32 Å². The molecular weight excluding hydrogens is 1090 g/mol. The summed E-state index contributed by atoms with van der Waals surface area (Å²) in [6.07, 6.45) is -8.03. The summed E-state index contributed by atoms with van der Waals surface area (Å²) in [5.41, 5.74) is 1.84. The van der Waals surface area contributed by atoms with Crippen LogP contribution in [0.3, 0.4) is 0 Å². The number of rotatable bonds is 26. The number of amides is 1. The van der Waals surface area contributed by atoms with Crippen LogP contribution in [-0.4, -0.2) is 131 Å². The van der Waals surface area contributed by atoms with Gasteiger partial charge in [-0.15, -0.1) is 0 Å². The summed E-state index contributed by atoms with van der Waals surface area (Å²) < 4.78 is 60.5. The molecule has 1 saturated carbocycles. The third-order valence-corrected chi connectivity index (χ3v) is 14.7. The number of nitrogens with one attached hydrogen (secondary N) is 1. The van der Waals surface area contributed by atoms with Crippen LogP contribution in [0.1, 0.15) is 71.0 Å². The fraction of sp³-hybridized carbons (Fsp3) is 0.284. The van der Waals surface area contributed by atoms with E-state index in [0.717, 1.165) is 16.7 Å². The fourth-order valence-corrected chi connectivity index (χ4v) is 10.5. The monoisotopic (exact) mass is 1160 g/mol. The number of ketones is 1. The normalized spacial score (nSPS) is 20.0. The number of hydrogen-bond donors (Lipinski definition) is 2. The summed E-state index contributed by atoms with van der Waals surface area (Å²) in [7, 11) is 3.20. The average Bonchev–Trinajstić information content (AvgIpc) is 2.12. The molecule has 7 aromatic rings. The molecule has 7 aromatic carbocycles. The Balaban J connectivity index is 0.883. The van der Waals surface area contributed by atoms with E-state index in [0.29, 0.717) is 24.3 Å². The third kappa shape index (κ3) is 15.2. The highest BCUT2D eigenvalue weighted by Crippen LogP contribution is 2.46. The predicted octanol–water partition coefficient (Wildman–Crippen LogP) is 8.38. The zero-order chi connectivity index (χ0) is 59.5. The topological polar surface area (TPSA) is 227 Å². The second kappa shape index (κ2) is 29.5. The highest BCUT2D eigenvalue weighted by molar-refractivity contribution is 5.92. The van der Waals surface area contributed by atoms with E-state index in [-0.39, 0.29) is 54.4 Å². The van der Waals surface area contributed by atoms with Crippen molar-refractivity contribution in [3.05, 3.63) is 239 Å². The average molecular weight is 1160 g/mol. The van der Waals surface area contributed by atoms with Crippen molar-refractivity contribution in [3.63, 3.8) is 0 Å². The molecule has 85 heavy (non-hydrogen) atoms. The van der Waals surface area contributed by atoms with Crippen LogP contribution in [0.25, 0.3) is 0 Å². The van der Waals surface area contributed by atoms with Gasteiger partial charge >= 0.3 is 23.9 Å². The molecule has 0 spiro atoms. The van der Waals surface area contributed by atoms with E-state index in [1.54, 1.807) is 87.0 Å². The van der Waals surface area contributed by atoms with E-state index in [4.69, 9.17) is 47.4 Å². The quantitative estimate of drug-likeness (QED) is 0.0225. The van der Waals surface area contributed by atoms with Gasteiger partial charge in [-0.1, -0.05) is 127 Å². The number of esters is 4. The zero-order valence-electron chi connectivity index (χ0n) is 46.8. The molecule has 1 amide bonds. The lowest BCUT2D eigenvalue weighted by molar-refractivity contribution is -0.296. The molecule has 0 aromatic heterocycles. The Bertz CT molecular complexity index is 3250. The summed E-state index contributed by atoms with van der Waals surface area (Å²) in [6.45, 7) is -2.09. The Morgan fingerprint density at radius 3 is 1.46 bits per heavy atom. The van der Waals surface area contributed by atoms with Crippen molar-refractivity contribution in [1.82, 2.24) is 5.32 Å². The number of ether oxygens (including phenoxy) is 10. The summed E-state index contributed by atoms with van der Waals surface area (Å²) in [4.78, 5) is 82.8. The first-order valence-corrected chi connectivity index (χ1v) is 27.8. The van der Waals surface area contributed by atoms with Crippen LogP contribution in [-0.2, 0) is 53.1 Å². The minimum Gasteiger partial charge on any atom is -0.497 e. The number of carbonyl (C=O) groups excluding carboxylic acids is 6. The molecule has 1 aliphatic heterocycles. The van der Waals surface area contributed by atoms with Gasteiger partial charge in [0.2, 0.25) is 5.91 Å². The van der Waals surface area contributed by atoms with Gasteiger partial charge in [-0.05, 0) is 108 Å². The number of carbonyl (C=O) groups is 6. The number of aliphatic hydroxyl groups excluding tert-OH is 1. The maximum atomic E-state index is 14.0. The van der Waals surface area contributed by atoms with Crippen LogP contribution in [0.15, 0.2) is 200 Å². The molecule has 2 aliphatic rings. The van der Waals surface area contributed by atoms with E-state index in [9.17, 15) is 33.9 Å². The van der Waals surface area contributed by atoms with Gasteiger partial charge in [-0.3, -0.25) is 9.59 Å². The molecule has 1 saturated heterocycles. The molecule has 440 valence electrons. The lowest BCUT2D eigenvalue weighted by atomic mass is 9.79. The SMILES string of the molecule is COc1ccc(C(O[C@H]2CC(C(=O)COCCNC(=O)CO[C@@H]3OC(COC(=O)c4ccccc4)[C@H](OC(=O)c4ccccc4)[C@H](OC(=O)c4ccccc4)C3OC(=O)c3ccccc3)[C@H](CO)C2)(c2ccccc2)c2ccc(OC)cc2)cc1. The summed E-state index contributed by atoms with van der Waals surface area (Å²) in [6, 6.07) is 56.9. The summed E-state index contributed by atoms with van der Waals surface area (Å²) in [5, 5.41) is 13.3. The van der Waals surface area contributed by atoms with Crippen LogP contribution >= 0.6 is 0 Å². The first kappa shape index (κ1) is 60.5. The Kier molecular flexibility index (Phi) is 21.0. The number of aliphatic hydroxyl groups is 1. The molecule has 18 nitrogen and oxygen atoms in total. The third-order valence-electron chi connectivity index (χ3n) is 14.7. The van der Waals surface area contributed by atoms with Gasteiger partial charge in [0.1, 0.15) is 43.0 Å². The maximum absolute atomic E-state index is 14.0. The van der Waals surface area contributed by atoms with Crippen molar-refractivity contribution in [2.75, 3.05) is 53.8 Å². The summed E-state index contributed by atoms with van der Waals surface area (Å²) in [5.74, 6) is -4.10. The lowest BCUT2D eigenvalue weighted by Gasteiger charge is -2.44. The maximum Gasteiger partial charge on any atom is 0.338 e. The molecule has 0 radical (unpaired) electrons. The molecule has 3 unspecified atom stereocenters. The largest absolute Gasteiger partial charge is 0.497 e. The van der Waals surface area contributed by atoms with Gasteiger partial charge in [0.25, 0.3) is 0 Å². The molecule has 8 atom stereocenters. The number of methoxy groups -OCH3 is 2. The standard InChI is InChI=1S/C67H65NO17/c1-76-52-32-28-50(29-33-52)67(49-26-16-7-17-27-49,51-30-34-53(77-2)35-31-51)85-54-38-48(40-69)55(39-54)56(70)41-78-37-36-68-58(71)43-80-66-61(84-65(75)47-24-14-6-15-25-47)60(83-64(74)46-22-12-5-13-23-46)59(82-63(73)45-20-10-4-11-21-45)57(81-66)42-79-62(72)44-18-8-3-9-19-44/h3-35,48,54-55,57,59-61,66,69H,36-43H2,1-2H3,(H,68,71)/t48-,54+,55?,57?,59-,60-,61?,66+/m0/s1. The molecule has 0 bridgehead atoms. The van der Waals surface area contributed by atoms with Crippen LogP contribution < -0.4 is 14.8 Å². The van der Waals surface area contributed by atoms with Gasteiger partial charge in [0, 0.05) is 19.1 Å². The molecule has 1 heterocycles.